The molecule has 0 saturated carbocycles. The van der Waals surface area contributed by atoms with Gasteiger partial charge in [-0.05, 0) is 49.2 Å². The highest BCUT2D eigenvalue weighted by molar-refractivity contribution is 7.99. The zero-order valence-electron chi connectivity index (χ0n) is 17.0. The molecule has 154 valence electrons. The molecule has 1 amide bonds. The van der Waals surface area contributed by atoms with E-state index in [-0.39, 0.29) is 23.4 Å². The standard InChI is InChI=1S/C22H22FN5OS/c1-15(2)22(3,14-24)25-19(29)13-30-21-27-26-20(16-9-11-17(23)12-10-16)28(21)18-7-5-4-6-8-18/h4-12,15H,13H2,1-3H3,(H,25,29). The molecule has 2 aromatic carbocycles. The van der Waals surface area contributed by atoms with E-state index in [1.165, 1.54) is 23.9 Å². The van der Waals surface area contributed by atoms with Crippen molar-refractivity contribution in [3.05, 3.63) is 60.4 Å². The molecule has 3 aromatic rings. The van der Waals surface area contributed by atoms with Crippen LogP contribution in [0, 0.1) is 23.1 Å². The maximum absolute atomic E-state index is 13.3. The van der Waals surface area contributed by atoms with Crippen molar-refractivity contribution in [1.82, 2.24) is 20.1 Å². The number of carbonyl (C=O) groups is 1. The van der Waals surface area contributed by atoms with Gasteiger partial charge in [0.2, 0.25) is 5.91 Å². The fourth-order valence-electron chi connectivity index (χ4n) is 2.72. The molecular formula is C22H22FN5OS. The van der Waals surface area contributed by atoms with Gasteiger partial charge in [0.15, 0.2) is 11.0 Å². The molecule has 0 spiro atoms. The molecule has 1 aromatic heterocycles. The van der Waals surface area contributed by atoms with Crippen LogP contribution in [0.25, 0.3) is 17.1 Å². The van der Waals surface area contributed by atoms with Crippen LogP contribution in [0.4, 0.5) is 4.39 Å². The van der Waals surface area contributed by atoms with Crippen molar-refractivity contribution in [2.45, 2.75) is 31.5 Å². The second-order valence-corrected chi connectivity index (χ2v) is 8.23. The van der Waals surface area contributed by atoms with Gasteiger partial charge in [-0.15, -0.1) is 10.2 Å². The lowest BCUT2D eigenvalue weighted by atomic mass is 9.90. The zero-order chi connectivity index (χ0) is 21.7. The summed E-state index contributed by atoms with van der Waals surface area (Å²) in [7, 11) is 0. The average Bonchev–Trinajstić information content (AvgIpc) is 3.17. The Hall–Kier alpha value is -3.18. The predicted molar refractivity (Wildman–Crippen MR) is 114 cm³/mol. The van der Waals surface area contributed by atoms with Gasteiger partial charge >= 0.3 is 0 Å². The number of halogens is 1. The lowest BCUT2D eigenvalue weighted by Gasteiger charge is -2.27. The molecule has 0 fully saturated rings. The molecule has 30 heavy (non-hydrogen) atoms. The summed E-state index contributed by atoms with van der Waals surface area (Å²) in [5.41, 5.74) is 0.596. The lowest BCUT2D eigenvalue weighted by Crippen LogP contribution is -2.49. The normalized spacial score (nSPS) is 12.9. The van der Waals surface area contributed by atoms with Gasteiger partial charge in [0.25, 0.3) is 0 Å². The molecule has 1 atom stereocenters. The van der Waals surface area contributed by atoms with Crippen molar-refractivity contribution in [3.63, 3.8) is 0 Å². The Balaban J connectivity index is 1.88. The number of thioether (sulfide) groups is 1. The van der Waals surface area contributed by atoms with E-state index < -0.39 is 5.54 Å². The molecule has 6 nitrogen and oxygen atoms in total. The van der Waals surface area contributed by atoms with Crippen molar-refractivity contribution in [2.24, 2.45) is 5.92 Å². The molecular weight excluding hydrogens is 401 g/mol. The van der Waals surface area contributed by atoms with Gasteiger partial charge in [-0.2, -0.15) is 5.26 Å². The first-order valence-corrected chi connectivity index (χ1v) is 10.4. The number of para-hydroxylation sites is 1. The Labute approximate surface area is 179 Å². The second kappa shape index (κ2) is 9.09. The van der Waals surface area contributed by atoms with Gasteiger partial charge in [-0.25, -0.2) is 4.39 Å². The van der Waals surface area contributed by atoms with Crippen LogP contribution in [-0.2, 0) is 4.79 Å². The average molecular weight is 424 g/mol. The number of aromatic nitrogens is 3. The highest BCUT2D eigenvalue weighted by Gasteiger charge is 2.30. The summed E-state index contributed by atoms with van der Waals surface area (Å²) < 4.78 is 15.2. The molecule has 0 aliphatic carbocycles. The first kappa shape index (κ1) is 21.5. The minimum atomic E-state index is -0.940. The molecule has 0 radical (unpaired) electrons. The highest BCUT2D eigenvalue weighted by Crippen LogP contribution is 2.28. The number of nitrogens with zero attached hydrogens (tertiary/aromatic N) is 4. The Kier molecular flexibility index (Phi) is 6.53. The van der Waals surface area contributed by atoms with E-state index in [4.69, 9.17) is 0 Å². The Morgan fingerprint density at radius 3 is 2.47 bits per heavy atom. The smallest absolute Gasteiger partial charge is 0.231 e. The quantitative estimate of drug-likeness (QED) is 0.575. The minimum Gasteiger partial charge on any atom is -0.337 e. The number of amides is 1. The molecule has 1 heterocycles. The monoisotopic (exact) mass is 423 g/mol. The summed E-state index contributed by atoms with van der Waals surface area (Å²) >= 11 is 1.23. The SMILES string of the molecule is CC(C)C(C)(C#N)NC(=O)CSc1nnc(-c2ccc(F)cc2)n1-c1ccccc1. The van der Waals surface area contributed by atoms with Crippen LogP contribution in [0.5, 0.6) is 0 Å². The highest BCUT2D eigenvalue weighted by atomic mass is 32.2. The zero-order valence-corrected chi connectivity index (χ0v) is 17.8. The largest absolute Gasteiger partial charge is 0.337 e. The van der Waals surface area contributed by atoms with Gasteiger partial charge in [0.05, 0.1) is 11.8 Å². The van der Waals surface area contributed by atoms with Crippen molar-refractivity contribution in [2.75, 3.05) is 5.75 Å². The molecule has 1 N–H and O–H groups in total. The third-order valence-corrected chi connectivity index (χ3v) is 5.80. The van der Waals surface area contributed by atoms with Crippen molar-refractivity contribution < 1.29 is 9.18 Å². The third kappa shape index (κ3) is 4.69. The summed E-state index contributed by atoms with van der Waals surface area (Å²) in [6.45, 7) is 5.48. The fourth-order valence-corrected chi connectivity index (χ4v) is 3.47. The summed E-state index contributed by atoms with van der Waals surface area (Å²) in [4.78, 5) is 12.5. The van der Waals surface area contributed by atoms with E-state index in [9.17, 15) is 14.4 Å². The Morgan fingerprint density at radius 2 is 1.87 bits per heavy atom. The lowest BCUT2D eigenvalue weighted by molar-refractivity contribution is -0.120. The van der Waals surface area contributed by atoms with Gasteiger partial charge in [-0.3, -0.25) is 9.36 Å². The summed E-state index contributed by atoms with van der Waals surface area (Å²) in [6, 6.07) is 17.7. The predicted octanol–water partition coefficient (Wildman–Crippen LogP) is 4.22. The topological polar surface area (TPSA) is 83.6 Å². The van der Waals surface area contributed by atoms with E-state index in [0.29, 0.717) is 16.5 Å². The maximum atomic E-state index is 13.3. The first-order valence-electron chi connectivity index (χ1n) is 9.46. The number of carbonyl (C=O) groups excluding carboxylic acids is 1. The number of hydrogen-bond acceptors (Lipinski definition) is 5. The van der Waals surface area contributed by atoms with Crippen LogP contribution in [-0.4, -0.2) is 32.0 Å². The maximum Gasteiger partial charge on any atom is 0.231 e. The van der Waals surface area contributed by atoms with Crippen molar-refractivity contribution >= 4 is 17.7 Å². The van der Waals surface area contributed by atoms with Crippen molar-refractivity contribution in [3.8, 4) is 23.1 Å². The van der Waals surface area contributed by atoms with E-state index >= 15 is 0 Å². The van der Waals surface area contributed by atoms with Crippen molar-refractivity contribution in [1.29, 1.82) is 5.26 Å². The summed E-state index contributed by atoms with van der Waals surface area (Å²) in [5, 5.41) is 21.3. The van der Waals surface area contributed by atoms with Crippen LogP contribution >= 0.6 is 11.8 Å². The molecule has 0 aliphatic rings. The van der Waals surface area contributed by atoms with Crippen LogP contribution in [0.15, 0.2) is 59.8 Å². The van der Waals surface area contributed by atoms with E-state index in [2.05, 4.69) is 21.6 Å². The number of benzene rings is 2. The van der Waals surface area contributed by atoms with E-state index in [1.54, 1.807) is 19.1 Å². The third-order valence-electron chi connectivity index (χ3n) is 4.87. The number of nitriles is 1. The van der Waals surface area contributed by atoms with Crippen LogP contribution < -0.4 is 5.32 Å². The van der Waals surface area contributed by atoms with Gasteiger partial charge in [-0.1, -0.05) is 43.8 Å². The summed E-state index contributed by atoms with van der Waals surface area (Å²) in [5.74, 6) is 0.00564. The van der Waals surface area contributed by atoms with E-state index in [1.807, 2.05) is 48.7 Å². The number of rotatable bonds is 7. The van der Waals surface area contributed by atoms with Crippen LogP contribution in [0.1, 0.15) is 20.8 Å². The molecule has 1 unspecified atom stereocenters. The minimum absolute atomic E-state index is 0.0329. The molecule has 0 saturated heterocycles. The molecule has 0 aliphatic heterocycles. The van der Waals surface area contributed by atoms with E-state index in [0.717, 1.165) is 5.69 Å². The molecule has 3 rings (SSSR count). The first-order chi connectivity index (χ1) is 14.3. The van der Waals surface area contributed by atoms with Crippen LogP contribution in [0.3, 0.4) is 0 Å². The molecule has 0 bridgehead atoms. The molecule has 8 heteroatoms. The second-order valence-electron chi connectivity index (χ2n) is 7.29. The van der Waals surface area contributed by atoms with Crippen LogP contribution in [0.2, 0.25) is 0 Å². The Morgan fingerprint density at radius 1 is 1.20 bits per heavy atom. The van der Waals surface area contributed by atoms with Gasteiger partial charge < -0.3 is 5.32 Å². The number of nitrogens with one attached hydrogen (secondary N) is 1. The van der Waals surface area contributed by atoms with Gasteiger partial charge in [0, 0.05) is 11.3 Å². The Bertz CT molecular complexity index is 1060. The summed E-state index contributed by atoms with van der Waals surface area (Å²) in [6.07, 6.45) is 0. The number of hydrogen-bond donors (Lipinski definition) is 1. The fraction of sp³-hybridized carbons (Fsp3) is 0.273. The van der Waals surface area contributed by atoms with Gasteiger partial charge in [0.1, 0.15) is 11.4 Å².